The number of rotatable bonds is 6. The van der Waals surface area contributed by atoms with E-state index in [0.29, 0.717) is 21.8 Å². The summed E-state index contributed by atoms with van der Waals surface area (Å²) in [5.41, 5.74) is 11.5. The topological polar surface area (TPSA) is 96.5 Å². The number of allylic oxidation sites excluding steroid dienone is 10. The van der Waals surface area contributed by atoms with Crippen LogP contribution in [0.3, 0.4) is 0 Å². The Bertz CT molecular complexity index is 1580. The second-order valence-electron chi connectivity index (χ2n) is 10.5. The number of hydrogen-bond donors (Lipinski definition) is 1. The molecule has 0 spiro atoms. The zero-order chi connectivity index (χ0) is 27.6. The molecule has 3 heterocycles. The van der Waals surface area contributed by atoms with Crippen LogP contribution in [-0.2, 0) is 7.05 Å². The van der Waals surface area contributed by atoms with Gasteiger partial charge in [0.05, 0.1) is 12.4 Å². The molecule has 0 radical (unpaired) electrons. The summed E-state index contributed by atoms with van der Waals surface area (Å²) in [6, 6.07) is 0.347. The Labute approximate surface area is 228 Å². The predicted octanol–water partition coefficient (Wildman–Crippen LogP) is 6.30. The zero-order valence-corrected chi connectivity index (χ0v) is 23.7. The maximum absolute atomic E-state index is 12.9. The third-order valence-corrected chi connectivity index (χ3v) is 7.68. The quantitative estimate of drug-likeness (QED) is 0.229. The third-order valence-electron chi connectivity index (χ3n) is 7.21. The molecule has 198 valence electrons. The number of imidazole rings is 2. The largest absolute Gasteiger partial charge is 0.369 e. The van der Waals surface area contributed by atoms with E-state index >= 15 is 0 Å². The van der Waals surface area contributed by atoms with Crippen molar-refractivity contribution in [1.82, 2.24) is 28.7 Å². The van der Waals surface area contributed by atoms with E-state index in [2.05, 4.69) is 59.4 Å². The number of aromatic nitrogens is 6. The second-order valence-corrected chi connectivity index (χ2v) is 10.9. The highest BCUT2D eigenvalue weighted by Gasteiger charge is 2.32. The molecule has 0 saturated heterocycles. The number of nitrogens with two attached hydrogens (primary N) is 1. The van der Waals surface area contributed by atoms with Gasteiger partial charge in [-0.3, -0.25) is 4.79 Å². The maximum atomic E-state index is 12.9. The molecule has 8 nitrogen and oxygen atoms in total. The van der Waals surface area contributed by atoms with Gasteiger partial charge in [-0.05, 0) is 55.7 Å². The Hall–Kier alpha value is -3.85. The first-order chi connectivity index (χ1) is 18.0. The summed E-state index contributed by atoms with van der Waals surface area (Å²) >= 11 is 5.37. The molecule has 0 amide bonds. The highest BCUT2D eigenvalue weighted by Crippen LogP contribution is 2.45. The smallest absolute Gasteiger partial charge is 0.257 e. The van der Waals surface area contributed by atoms with Gasteiger partial charge in [-0.25, -0.2) is 14.5 Å². The first-order valence-electron chi connectivity index (χ1n) is 12.6. The highest BCUT2D eigenvalue weighted by atomic mass is 32.1. The fourth-order valence-electron chi connectivity index (χ4n) is 4.89. The first-order valence-corrected chi connectivity index (χ1v) is 13.0. The second kappa shape index (κ2) is 10.9. The summed E-state index contributed by atoms with van der Waals surface area (Å²) in [5.74, 6) is -0.0362. The van der Waals surface area contributed by atoms with E-state index in [1.54, 1.807) is 17.7 Å². The minimum atomic E-state index is -0.264. The first kappa shape index (κ1) is 27.2. The molecule has 4 rings (SSSR count). The van der Waals surface area contributed by atoms with Crippen LogP contribution in [0.25, 0.3) is 11.2 Å². The standard InChI is InChI=1S/C29H35N7OS/c1-19(10-11-22-21(3)23(12-13-29(22,4)5)35-15-14-31-17-35)8-7-9-20(2)16-24(37)36-18-32-25-26(36)33-28(30)34(6)27(25)38/h7-11,14-18,23H,12-13H2,1-6H3,(H2,30,33). The Morgan fingerprint density at radius 3 is 2.68 bits per heavy atom. The van der Waals surface area contributed by atoms with E-state index in [0.717, 1.165) is 24.0 Å². The summed E-state index contributed by atoms with van der Waals surface area (Å²) < 4.78 is 5.57. The third kappa shape index (κ3) is 5.52. The van der Waals surface area contributed by atoms with Crippen molar-refractivity contribution in [1.29, 1.82) is 0 Å². The lowest BCUT2D eigenvalue weighted by molar-refractivity contribution is 0.0972. The SMILES string of the molecule is CC(C=CC1=C(C)C(n2ccnc2)CCC1(C)C)=CC=CC(C)=CC(=O)n1cnc2c(=S)n(C)c(N)nc21. The summed E-state index contributed by atoms with van der Waals surface area (Å²) in [6.07, 6.45) is 21.3. The zero-order valence-electron chi connectivity index (χ0n) is 22.8. The Kier molecular flexibility index (Phi) is 7.78. The minimum absolute atomic E-state index is 0.119. The molecule has 1 unspecified atom stereocenters. The van der Waals surface area contributed by atoms with E-state index in [1.807, 2.05) is 43.9 Å². The highest BCUT2D eigenvalue weighted by molar-refractivity contribution is 7.71. The molecule has 9 heteroatoms. The van der Waals surface area contributed by atoms with E-state index in [-0.39, 0.29) is 17.3 Å². The number of nitrogen functional groups attached to an aromatic ring is 1. The van der Waals surface area contributed by atoms with Crippen molar-refractivity contribution in [3.63, 3.8) is 0 Å². The molecular weight excluding hydrogens is 494 g/mol. The summed E-state index contributed by atoms with van der Waals surface area (Å²) in [4.78, 5) is 25.6. The van der Waals surface area contributed by atoms with Gasteiger partial charge in [-0.15, -0.1) is 0 Å². The van der Waals surface area contributed by atoms with Crippen molar-refractivity contribution in [3.8, 4) is 0 Å². The van der Waals surface area contributed by atoms with Crippen LogP contribution in [0.4, 0.5) is 5.95 Å². The van der Waals surface area contributed by atoms with Crippen molar-refractivity contribution in [2.45, 2.75) is 53.5 Å². The van der Waals surface area contributed by atoms with Crippen molar-refractivity contribution in [2.24, 2.45) is 12.5 Å². The normalized spacial score (nSPS) is 18.8. The molecule has 0 fully saturated rings. The van der Waals surface area contributed by atoms with Gasteiger partial charge in [0.2, 0.25) is 5.95 Å². The van der Waals surface area contributed by atoms with E-state index in [4.69, 9.17) is 18.0 Å². The monoisotopic (exact) mass is 529 g/mol. The molecule has 2 N–H and O–H groups in total. The minimum Gasteiger partial charge on any atom is -0.369 e. The summed E-state index contributed by atoms with van der Waals surface area (Å²) in [6.45, 7) is 10.8. The van der Waals surface area contributed by atoms with E-state index in [1.165, 1.54) is 22.0 Å². The lowest BCUT2D eigenvalue weighted by atomic mass is 9.71. The van der Waals surface area contributed by atoms with Crippen LogP contribution in [-0.4, -0.2) is 34.6 Å². The number of carbonyl (C=O) groups is 1. The van der Waals surface area contributed by atoms with E-state index < -0.39 is 0 Å². The van der Waals surface area contributed by atoms with Crippen LogP contribution in [0.5, 0.6) is 0 Å². The molecule has 38 heavy (non-hydrogen) atoms. The van der Waals surface area contributed by atoms with Crippen LogP contribution in [0.15, 0.2) is 83.8 Å². The van der Waals surface area contributed by atoms with Gasteiger partial charge in [-0.2, -0.15) is 4.98 Å². The van der Waals surface area contributed by atoms with Gasteiger partial charge >= 0.3 is 0 Å². The Balaban J connectivity index is 1.49. The molecule has 0 bridgehead atoms. The molecule has 1 aliphatic rings. The van der Waals surface area contributed by atoms with Crippen LogP contribution in [0.2, 0.25) is 0 Å². The van der Waals surface area contributed by atoms with Crippen molar-refractivity contribution >= 4 is 35.2 Å². The Morgan fingerprint density at radius 1 is 1.21 bits per heavy atom. The van der Waals surface area contributed by atoms with Gasteiger partial charge < -0.3 is 14.9 Å². The molecule has 3 aromatic rings. The molecule has 3 aromatic heterocycles. The lowest BCUT2D eigenvalue weighted by Crippen LogP contribution is -2.25. The number of carbonyl (C=O) groups excluding carboxylic acids is 1. The fourth-order valence-corrected chi connectivity index (χ4v) is 5.12. The van der Waals surface area contributed by atoms with Crippen LogP contribution in [0, 0.1) is 10.1 Å². The molecule has 0 saturated carbocycles. The molecule has 0 aromatic carbocycles. The maximum Gasteiger partial charge on any atom is 0.257 e. The fraction of sp³-hybridized carbons (Fsp3) is 0.345. The van der Waals surface area contributed by atoms with Gasteiger partial charge in [0.15, 0.2) is 5.65 Å². The summed E-state index contributed by atoms with van der Waals surface area (Å²) in [7, 11) is 1.72. The van der Waals surface area contributed by atoms with Crippen molar-refractivity contribution in [3.05, 3.63) is 88.4 Å². The number of fused-ring (bicyclic) bond motifs is 1. The van der Waals surface area contributed by atoms with Crippen molar-refractivity contribution in [2.75, 3.05) is 5.73 Å². The van der Waals surface area contributed by atoms with E-state index in [9.17, 15) is 4.79 Å². The van der Waals surface area contributed by atoms with Gasteiger partial charge in [-0.1, -0.05) is 62.0 Å². The van der Waals surface area contributed by atoms with Gasteiger partial charge in [0.25, 0.3) is 5.91 Å². The number of hydrogen-bond acceptors (Lipinski definition) is 6. The Morgan fingerprint density at radius 2 is 1.97 bits per heavy atom. The van der Waals surface area contributed by atoms with Crippen LogP contribution < -0.4 is 5.73 Å². The number of anilines is 1. The van der Waals surface area contributed by atoms with Gasteiger partial charge in [0, 0.05) is 25.5 Å². The lowest BCUT2D eigenvalue weighted by Gasteiger charge is -2.37. The average molecular weight is 530 g/mol. The molecule has 1 aliphatic carbocycles. The number of nitrogens with zero attached hydrogens (tertiary/aromatic N) is 6. The van der Waals surface area contributed by atoms with Gasteiger partial charge in [0.1, 0.15) is 16.5 Å². The van der Waals surface area contributed by atoms with Crippen LogP contribution in [0.1, 0.15) is 58.3 Å². The van der Waals surface area contributed by atoms with Crippen LogP contribution >= 0.6 is 12.2 Å². The predicted molar refractivity (Wildman–Crippen MR) is 155 cm³/mol. The molecular formula is C29H35N7OS. The summed E-state index contributed by atoms with van der Waals surface area (Å²) in [5, 5.41) is 0. The van der Waals surface area contributed by atoms with Crippen molar-refractivity contribution < 1.29 is 4.79 Å². The molecule has 1 atom stereocenters. The molecule has 0 aliphatic heterocycles. The average Bonchev–Trinajstić information content (AvgIpc) is 3.53.